The number of nitrogens with one attached hydrogen (secondary N) is 2. The van der Waals surface area contributed by atoms with Gasteiger partial charge in [0.1, 0.15) is 0 Å². The second-order valence-corrected chi connectivity index (χ2v) is 9.91. The monoisotopic (exact) mass is 555 g/mol. The molecule has 1 fully saturated rings. The zero-order valence-electron chi connectivity index (χ0n) is 21.2. The molecule has 1 aliphatic heterocycles. The molecule has 2 N–H and O–H groups in total. The largest absolute Gasteiger partial charge is 0.416 e. The Morgan fingerprint density at radius 2 is 1.59 bits per heavy atom. The number of fused-ring (bicyclic) bond motifs is 1. The summed E-state index contributed by atoms with van der Waals surface area (Å²) in [7, 11) is 1.42. The van der Waals surface area contributed by atoms with Gasteiger partial charge in [0.05, 0.1) is 23.1 Å². The summed E-state index contributed by atoms with van der Waals surface area (Å²) in [5.74, 6) is -0.459. The first kappa shape index (κ1) is 28.6. The van der Waals surface area contributed by atoms with Crippen LogP contribution in [-0.4, -0.2) is 42.6 Å². The first-order chi connectivity index (χ1) is 18.2. The summed E-state index contributed by atoms with van der Waals surface area (Å²) in [4.78, 5) is 29.8. The Hall–Kier alpha value is -3.38. The fourth-order valence-corrected chi connectivity index (χ4v) is 5.10. The van der Waals surface area contributed by atoms with E-state index in [0.717, 1.165) is 10.9 Å². The summed E-state index contributed by atoms with van der Waals surface area (Å²) in [5.41, 5.74) is -2.76. The van der Waals surface area contributed by atoms with E-state index < -0.39 is 41.3 Å². The number of nitrogens with zero attached hydrogens (tertiary/aromatic N) is 1. The molecule has 1 amide bonds. The molecule has 210 valence electrons. The SMILES string of the molecule is COCC1(C(=O)N(Cc2cc(C(F)(F)F)cc(C(F)(F)F)c2)Cc2cc(C)c3ccc(=O)[nH]c3c2)CCNC1. The highest BCUT2D eigenvalue weighted by molar-refractivity contribution is 5.85. The quantitative estimate of drug-likeness (QED) is 0.402. The van der Waals surface area contributed by atoms with Crippen molar-refractivity contribution in [1.82, 2.24) is 15.2 Å². The van der Waals surface area contributed by atoms with Crippen molar-refractivity contribution in [2.45, 2.75) is 38.8 Å². The van der Waals surface area contributed by atoms with Gasteiger partial charge in [-0.2, -0.15) is 26.3 Å². The number of hydrogen-bond acceptors (Lipinski definition) is 4. The van der Waals surface area contributed by atoms with Crippen LogP contribution in [0.1, 0.15) is 34.2 Å². The molecule has 2 aromatic carbocycles. The van der Waals surface area contributed by atoms with E-state index in [9.17, 15) is 35.9 Å². The Bertz CT molecular complexity index is 1390. The number of methoxy groups -OCH3 is 1. The number of aryl methyl sites for hydroxylation is 1. The number of pyridine rings is 1. The van der Waals surface area contributed by atoms with Crippen molar-refractivity contribution < 1.29 is 35.9 Å². The molecule has 0 radical (unpaired) electrons. The zero-order valence-corrected chi connectivity index (χ0v) is 21.2. The molecular weight excluding hydrogens is 528 g/mol. The Kier molecular flexibility index (Phi) is 7.82. The predicted molar refractivity (Wildman–Crippen MR) is 132 cm³/mol. The average molecular weight is 556 g/mol. The third kappa shape index (κ3) is 6.27. The topological polar surface area (TPSA) is 74.4 Å². The molecule has 3 aromatic rings. The number of carbonyl (C=O) groups excluding carboxylic acids is 1. The number of hydrogen-bond donors (Lipinski definition) is 2. The van der Waals surface area contributed by atoms with Crippen LogP contribution in [0.4, 0.5) is 26.3 Å². The van der Waals surface area contributed by atoms with E-state index in [-0.39, 0.29) is 36.9 Å². The average Bonchev–Trinajstić information content (AvgIpc) is 3.31. The molecule has 1 saturated heterocycles. The Labute approximate surface area is 220 Å². The van der Waals surface area contributed by atoms with Crippen molar-refractivity contribution in [3.05, 3.63) is 80.6 Å². The van der Waals surface area contributed by atoms with Gasteiger partial charge < -0.3 is 19.9 Å². The molecule has 39 heavy (non-hydrogen) atoms. The van der Waals surface area contributed by atoms with E-state index in [1.165, 1.54) is 18.1 Å². The highest BCUT2D eigenvalue weighted by Crippen LogP contribution is 2.37. The summed E-state index contributed by atoms with van der Waals surface area (Å²) in [6, 6.07) is 7.76. The van der Waals surface area contributed by atoms with Gasteiger partial charge in [0.15, 0.2) is 0 Å². The highest BCUT2D eigenvalue weighted by atomic mass is 19.4. The molecule has 6 nitrogen and oxygen atoms in total. The molecule has 1 aliphatic rings. The van der Waals surface area contributed by atoms with Crippen LogP contribution in [0, 0.1) is 12.3 Å². The van der Waals surface area contributed by atoms with Gasteiger partial charge in [-0.3, -0.25) is 9.59 Å². The van der Waals surface area contributed by atoms with E-state index in [2.05, 4.69) is 10.3 Å². The number of alkyl halides is 6. The third-order valence-electron chi connectivity index (χ3n) is 6.91. The Morgan fingerprint density at radius 1 is 0.974 bits per heavy atom. The lowest BCUT2D eigenvalue weighted by molar-refractivity contribution is -0.145. The van der Waals surface area contributed by atoms with Crippen molar-refractivity contribution in [2.24, 2.45) is 5.41 Å². The molecule has 2 heterocycles. The normalized spacial score (nSPS) is 18.1. The second kappa shape index (κ2) is 10.6. The second-order valence-electron chi connectivity index (χ2n) is 9.91. The van der Waals surface area contributed by atoms with Crippen LogP contribution >= 0.6 is 0 Å². The summed E-state index contributed by atoms with van der Waals surface area (Å²) < 4.78 is 86.4. The predicted octanol–water partition coefficient (Wildman–Crippen LogP) is 5.03. The number of rotatable bonds is 7. The molecule has 4 rings (SSSR count). The summed E-state index contributed by atoms with van der Waals surface area (Å²) in [6.45, 7) is 1.95. The minimum absolute atomic E-state index is 0.0236. The van der Waals surface area contributed by atoms with Gasteiger partial charge in [-0.1, -0.05) is 6.07 Å². The first-order valence-electron chi connectivity index (χ1n) is 12.1. The maximum absolute atomic E-state index is 13.9. The number of carbonyl (C=O) groups is 1. The van der Waals surface area contributed by atoms with E-state index >= 15 is 0 Å². The summed E-state index contributed by atoms with van der Waals surface area (Å²) >= 11 is 0. The summed E-state index contributed by atoms with van der Waals surface area (Å²) in [6.07, 6.45) is -9.64. The van der Waals surface area contributed by atoms with Crippen molar-refractivity contribution in [3.8, 4) is 0 Å². The number of aromatic nitrogens is 1. The van der Waals surface area contributed by atoms with Gasteiger partial charge >= 0.3 is 12.4 Å². The molecule has 0 aliphatic carbocycles. The number of aromatic amines is 1. The highest BCUT2D eigenvalue weighted by Gasteiger charge is 2.44. The maximum Gasteiger partial charge on any atom is 0.416 e. The number of H-pyrrole nitrogens is 1. The molecule has 1 unspecified atom stereocenters. The van der Waals surface area contributed by atoms with Crippen LogP contribution in [0.15, 0.2) is 47.3 Å². The van der Waals surface area contributed by atoms with Crippen molar-refractivity contribution in [3.63, 3.8) is 0 Å². The minimum Gasteiger partial charge on any atom is -0.384 e. The maximum atomic E-state index is 13.9. The number of benzene rings is 2. The lowest BCUT2D eigenvalue weighted by atomic mass is 9.86. The molecule has 0 bridgehead atoms. The first-order valence-corrected chi connectivity index (χ1v) is 12.1. The number of amides is 1. The van der Waals surface area contributed by atoms with Gasteiger partial charge in [0.25, 0.3) is 0 Å². The van der Waals surface area contributed by atoms with Crippen LogP contribution in [0.2, 0.25) is 0 Å². The van der Waals surface area contributed by atoms with Gasteiger partial charge in [-0.15, -0.1) is 0 Å². The van der Waals surface area contributed by atoms with E-state index in [0.29, 0.717) is 36.2 Å². The van der Waals surface area contributed by atoms with Crippen LogP contribution < -0.4 is 10.9 Å². The van der Waals surface area contributed by atoms with Gasteiger partial charge in [0, 0.05) is 43.7 Å². The lowest BCUT2D eigenvalue weighted by Gasteiger charge is -2.34. The number of ether oxygens (including phenoxy) is 1. The molecule has 0 saturated carbocycles. The molecule has 1 atom stereocenters. The molecule has 1 aromatic heterocycles. The van der Waals surface area contributed by atoms with Gasteiger partial charge in [-0.25, -0.2) is 0 Å². The summed E-state index contributed by atoms with van der Waals surface area (Å²) in [5, 5.41) is 3.86. The fraction of sp³-hybridized carbons (Fsp3) is 0.407. The van der Waals surface area contributed by atoms with E-state index in [4.69, 9.17) is 4.74 Å². The molecule has 12 heteroatoms. The van der Waals surface area contributed by atoms with Gasteiger partial charge in [-0.05, 0) is 66.9 Å². The van der Waals surface area contributed by atoms with Gasteiger partial charge in [0.2, 0.25) is 11.5 Å². The van der Waals surface area contributed by atoms with Crippen molar-refractivity contribution in [1.29, 1.82) is 0 Å². The van der Waals surface area contributed by atoms with Crippen LogP contribution in [0.3, 0.4) is 0 Å². The standard InChI is InChI=1S/C27H27F6N3O3/c1-16-7-17(10-22-21(16)3-4-23(37)35-22)12-36(24(38)25(15-39-2)5-6-34-14-25)13-18-8-19(26(28,29)30)11-20(9-18)27(31,32)33/h3-4,7-11,34H,5-6,12-15H2,1-2H3,(H,35,37). The molecular formula is C27H27F6N3O3. The molecule has 0 spiro atoms. The Morgan fingerprint density at radius 3 is 2.13 bits per heavy atom. The van der Waals surface area contributed by atoms with Crippen LogP contribution in [0.5, 0.6) is 0 Å². The van der Waals surface area contributed by atoms with E-state index in [1.807, 2.05) is 0 Å². The number of halogens is 6. The zero-order chi connectivity index (χ0) is 28.6. The fourth-order valence-electron chi connectivity index (χ4n) is 5.10. The van der Waals surface area contributed by atoms with E-state index in [1.54, 1.807) is 25.1 Å². The van der Waals surface area contributed by atoms with Crippen LogP contribution in [-0.2, 0) is 35.0 Å². The lowest BCUT2D eigenvalue weighted by Crippen LogP contribution is -2.47. The third-order valence-corrected chi connectivity index (χ3v) is 6.91. The van der Waals surface area contributed by atoms with Crippen molar-refractivity contribution in [2.75, 3.05) is 26.8 Å². The smallest absolute Gasteiger partial charge is 0.384 e. The van der Waals surface area contributed by atoms with Crippen molar-refractivity contribution >= 4 is 16.8 Å². The minimum atomic E-state index is -5.02. The van der Waals surface area contributed by atoms with Crippen LogP contribution in [0.25, 0.3) is 10.9 Å². The Balaban J connectivity index is 1.80.